The monoisotopic (exact) mass is 256 g/mol. The van der Waals surface area contributed by atoms with Gasteiger partial charge in [-0.05, 0) is 5.56 Å². The highest BCUT2D eigenvalue weighted by atomic mass is 31.2. The molecule has 1 aromatic carbocycles. The second-order valence-electron chi connectivity index (χ2n) is 4.00. The van der Waals surface area contributed by atoms with Crippen molar-refractivity contribution in [2.45, 2.75) is 17.9 Å². The standard InChI is InChI=1S/C11H13O5P/c12-10-6-9(7-16-10)17(14,15)11(13)8-4-2-1-3-5-8/h1-5,9,11,13H,6-7H2,(H,14,15)/t9-,11-/m0/s1. The molecule has 0 bridgehead atoms. The lowest BCUT2D eigenvalue weighted by atomic mass is 10.2. The zero-order chi connectivity index (χ0) is 12.5. The van der Waals surface area contributed by atoms with Crippen LogP contribution in [0.3, 0.4) is 0 Å². The van der Waals surface area contributed by atoms with Crippen molar-refractivity contribution in [2.75, 3.05) is 6.61 Å². The summed E-state index contributed by atoms with van der Waals surface area (Å²) < 4.78 is 16.8. The van der Waals surface area contributed by atoms with Crippen LogP contribution >= 0.6 is 7.37 Å². The van der Waals surface area contributed by atoms with E-state index in [0.29, 0.717) is 5.56 Å². The Labute approximate surface area is 98.5 Å². The van der Waals surface area contributed by atoms with Gasteiger partial charge in [0, 0.05) is 0 Å². The second-order valence-corrected chi connectivity index (χ2v) is 6.56. The van der Waals surface area contributed by atoms with Crippen molar-refractivity contribution < 1.29 is 24.1 Å². The quantitative estimate of drug-likeness (QED) is 0.628. The van der Waals surface area contributed by atoms with E-state index in [-0.39, 0.29) is 13.0 Å². The Morgan fingerprint density at radius 2 is 2.00 bits per heavy atom. The topological polar surface area (TPSA) is 83.8 Å². The molecule has 1 fully saturated rings. The predicted molar refractivity (Wildman–Crippen MR) is 60.6 cm³/mol. The van der Waals surface area contributed by atoms with Crippen LogP contribution < -0.4 is 0 Å². The van der Waals surface area contributed by atoms with E-state index in [4.69, 9.17) is 0 Å². The van der Waals surface area contributed by atoms with Crippen LogP contribution in [0.5, 0.6) is 0 Å². The Morgan fingerprint density at radius 3 is 2.53 bits per heavy atom. The Morgan fingerprint density at radius 1 is 1.35 bits per heavy atom. The fourth-order valence-electron chi connectivity index (χ4n) is 1.78. The average Bonchev–Trinajstić information content (AvgIpc) is 2.77. The lowest BCUT2D eigenvalue weighted by Crippen LogP contribution is -2.13. The molecular weight excluding hydrogens is 243 g/mol. The third-order valence-electron chi connectivity index (χ3n) is 2.81. The van der Waals surface area contributed by atoms with Gasteiger partial charge in [-0.15, -0.1) is 0 Å². The van der Waals surface area contributed by atoms with Gasteiger partial charge in [-0.2, -0.15) is 0 Å². The molecule has 0 spiro atoms. The van der Waals surface area contributed by atoms with Gasteiger partial charge in [0.1, 0.15) is 6.61 Å². The molecule has 6 heteroatoms. The molecular formula is C11H13O5P. The van der Waals surface area contributed by atoms with Crippen molar-refractivity contribution in [3.63, 3.8) is 0 Å². The van der Waals surface area contributed by atoms with E-state index in [1.54, 1.807) is 30.3 Å². The maximum atomic E-state index is 12.1. The Balaban J connectivity index is 2.21. The van der Waals surface area contributed by atoms with Crippen LogP contribution in [-0.2, 0) is 14.1 Å². The molecule has 92 valence electrons. The van der Waals surface area contributed by atoms with Crippen molar-refractivity contribution >= 4 is 13.3 Å². The number of carbonyl (C=O) groups is 1. The first-order valence-corrected chi connectivity index (χ1v) is 7.02. The van der Waals surface area contributed by atoms with Gasteiger partial charge in [-0.1, -0.05) is 30.3 Å². The predicted octanol–water partition coefficient (Wildman–Crippen LogP) is 1.26. The van der Waals surface area contributed by atoms with E-state index >= 15 is 0 Å². The number of ether oxygens (including phenoxy) is 1. The van der Waals surface area contributed by atoms with E-state index in [1.165, 1.54) is 0 Å². The third kappa shape index (κ3) is 2.41. The molecule has 17 heavy (non-hydrogen) atoms. The smallest absolute Gasteiger partial charge is 0.306 e. The SMILES string of the molecule is O=C1C[C@H](P(=O)(O)[C@H](O)c2ccccc2)CO1. The average molecular weight is 256 g/mol. The van der Waals surface area contributed by atoms with E-state index < -0.39 is 24.8 Å². The van der Waals surface area contributed by atoms with Crippen LogP contribution in [-0.4, -0.2) is 28.2 Å². The van der Waals surface area contributed by atoms with E-state index in [2.05, 4.69) is 4.74 Å². The molecule has 1 heterocycles. The molecule has 1 aliphatic heterocycles. The molecule has 1 aromatic rings. The normalized spacial score (nSPS) is 25.1. The largest absolute Gasteiger partial charge is 0.465 e. The number of hydrogen-bond donors (Lipinski definition) is 2. The van der Waals surface area contributed by atoms with Crippen LogP contribution in [0.25, 0.3) is 0 Å². The number of hydrogen-bond acceptors (Lipinski definition) is 4. The summed E-state index contributed by atoms with van der Waals surface area (Å²) in [5, 5.41) is 9.91. The van der Waals surface area contributed by atoms with Crippen molar-refractivity contribution in [2.24, 2.45) is 0 Å². The minimum atomic E-state index is -3.88. The van der Waals surface area contributed by atoms with Crippen LogP contribution in [0.2, 0.25) is 0 Å². The summed E-state index contributed by atoms with van der Waals surface area (Å²) in [5.74, 6) is -1.97. The summed E-state index contributed by atoms with van der Waals surface area (Å²) in [5.41, 5.74) is -0.442. The third-order valence-corrected chi connectivity index (χ3v) is 5.19. The van der Waals surface area contributed by atoms with Crippen molar-refractivity contribution in [3.05, 3.63) is 35.9 Å². The number of aliphatic hydroxyl groups is 1. The number of aliphatic hydroxyl groups excluding tert-OH is 1. The van der Waals surface area contributed by atoms with Crippen LogP contribution in [0.1, 0.15) is 17.8 Å². The molecule has 0 aromatic heterocycles. The van der Waals surface area contributed by atoms with Gasteiger partial charge in [0.2, 0.25) is 7.37 Å². The van der Waals surface area contributed by atoms with Gasteiger partial charge in [0.25, 0.3) is 0 Å². The van der Waals surface area contributed by atoms with E-state index in [0.717, 1.165) is 0 Å². The lowest BCUT2D eigenvalue weighted by molar-refractivity contribution is -0.137. The number of cyclic esters (lactones) is 1. The highest BCUT2D eigenvalue weighted by Crippen LogP contribution is 2.59. The minimum absolute atomic E-state index is 0.101. The molecule has 0 radical (unpaired) electrons. The maximum absolute atomic E-state index is 12.1. The van der Waals surface area contributed by atoms with Gasteiger partial charge in [0.15, 0.2) is 5.85 Å². The first-order chi connectivity index (χ1) is 8.01. The molecule has 5 nitrogen and oxygen atoms in total. The fourth-order valence-corrected chi connectivity index (χ4v) is 3.47. The zero-order valence-electron chi connectivity index (χ0n) is 9.02. The van der Waals surface area contributed by atoms with Crippen LogP contribution in [0.15, 0.2) is 30.3 Å². The number of esters is 1. The molecule has 0 saturated carbocycles. The van der Waals surface area contributed by atoms with Crippen molar-refractivity contribution in [3.8, 4) is 0 Å². The maximum Gasteiger partial charge on any atom is 0.306 e. The Bertz CT molecular complexity index is 458. The lowest BCUT2D eigenvalue weighted by Gasteiger charge is -2.22. The Hall–Kier alpha value is -1.16. The van der Waals surface area contributed by atoms with Gasteiger partial charge in [-0.25, -0.2) is 0 Å². The molecule has 1 unspecified atom stereocenters. The van der Waals surface area contributed by atoms with Crippen molar-refractivity contribution in [1.82, 2.24) is 0 Å². The van der Waals surface area contributed by atoms with Crippen molar-refractivity contribution in [1.29, 1.82) is 0 Å². The zero-order valence-corrected chi connectivity index (χ0v) is 9.92. The van der Waals surface area contributed by atoms with E-state index in [1.807, 2.05) is 0 Å². The van der Waals surface area contributed by atoms with Gasteiger partial charge in [0.05, 0.1) is 12.1 Å². The molecule has 2 rings (SSSR count). The summed E-state index contributed by atoms with van der Waals surface area (Å²) in [4.78, 5) is 20.9. The second kappa shape index (κ2) is 4.61. The highest BCUT2D eigenvalue weighted by Gasteiger charge is 2.44. The van der Waals surface area contributed by atoms with E-state index in [9.17, 15) is 19.4 Å². The summed E-state index contributed by atoms with van der Waals surface area (Å²) >= 11 is 0. The van der Waals surface area contributed by atoms with Gasteiger partial charge in [-0.3, -0.25) is 9.36 Å². The molecule has 0 amide bonds. The number of carbonyl (C=O) groups excluding carboxylic acids is 1. The summed E-state index contributed by atoms with van der Waals surface area (Å²) in [6.45, 7) is -0.101. The molecule has 2 N–H and O–H groups in total. The minimum Gasteiger partial charge on any atom is -0.465 e. The summed E-state index contributed by atoms with van der Waals surface area (Å²) in [6.07, 6.45) is -0.113. The fraction of sp³-hybridized carbons (Fsp3) is 0.364. The molecule has 1 saturated heterocycles. The first-order valence-electron chi connectivity index (χ1n) is 5.22. The summed E-state index contributed by atoms with van der Waals surface area (Å²) in [6, 6.07) is 8.25. The molecule has 1 aliphatic rings. The van der Waals surface area contributed by atoms with Crippen LogP contribution in [0, 0.1) is 0 Å². The number of benzene rings is 1. The molecule has 0 aliphatic carbocycles. The Kier molecular flexibility index (Phi) is 3.33. The first kappa shape index (κ1) is 12.3. The van der Waals surface area contributed by atoms with Gasteiger partial charge < -0.3 is 14.7 Å². The van der Waals surface area contributed by atoms with Crippen LogP contribution in [0.4, 0.5) is 0 Å². The highest BCUT2D eigenvalue weighted by molar-refractivity contribution is 7.59. The summed E-state index contributed by atoms with van der Waals surface area (Å²) in [7, 11) is -3.88. The molecule has 3 atom stereocenters. The van der Waals surface area contributed by atoms with Gasteiger partial charge >= 0.3 is 5.97 Å². The number of rotatable bonds is 3.